The summed E-state index contributed by atoms with van der Waals surface area (Å²) in [7, 11) is -3.93. The number of nitrogens with one attached hydrogen (secondary N) is 3. The van der Waals surface area contributed by atoms with E-state index < -0.39 is 14.9 Å². The maximum Gasteiger partial charge on any atom is 0.269 e. The van der Waals surface area contributed by atoms with Crippen molar-refractivity contribution in [3.63, 3.8) is 0 Å². The van der Waals surface area contributed by atoms with Crippen LogP contribution < -0.4 is 20.1 Å². The first-order valence-corrected chi connectivity index (χ1v) is 15.4. The van der Waals surface area contributed by atoms with Gasteiger partial charge in [-0.05, 0) is 71.5 Å². The van der Waals surface area contributed by atoms with Crippen LogP contribution in [-0.4, -0.2) is 41.8 Å². The number of thiocarbonyl (C=S) groups is 1. The van der Waals surface area contributed by atoms with E-state index >= 15 is 0 Å². The van der Waals surface area contributed by atoms with Crippen LogP contribution in [0.2, 0.25) is 0 Å². The molecule has 0 fully saturated rings. The Labute approximate surface area is 252 Å². The Morgan fingerprint density at radius 1 is 1.00 bits per heavy atom. The number of ether oxygens (including phenoxy) is 1. The van der Waals surface area contributed by atoms with Crippen LogP contribution in [0.3, 0.4) is 0 Å². The van der Waals surface area contributed by atoms with Gasteiger partial charge in [0.25, 0.3) is 15.7 Å². The van der Waals surface area contributed by atoms with Crippen LogP contribution >= 0.6 is 23.6 Å². The molecule has 0 aliphatic heterocycles. The summed E-state index contributed by atoms with van der Waals surface area (Å²) >= 11 is 6.30. The Balaban J connectivity index is 1.47. The number of sulfonamides is 1. The van der Waals surface area contributed by atoms with Crippen LogP contribution in [0, 0.1) is 10.1 Å². The molecule has 5 N–H and O–H groups in total. The van der Waals surface area contributed by atoms with Crippen molar-refractivity contribution in [1.29, 1.82) is 0 Å². The van der Waals surface area contributed by atoms with E-state index in [-0.39, 0.29) is 51.3 Å². The number of phenols is 2. The number of hydrogen-bond donors (Lipinski definition) is 5. The number of anilines is 1. The molecule has 0 bridgehead atoms. The second kappa shape index (κ2) is 13.2. The lowest BCUT2D eigenvalue weighted by Crippen LogP contribution is -2.36. The number of nitro groups is 1. The lowest BCUT2D eigenvalue weighted by atomic mass is 9.98. The average Bonchev–Trinajstić information content (AvgIpc) is 3.45. The largest absolute Gasteiger partial charge is 0.504 e. The maximum absolute atomic E-state index is 13.3. The summed E-state index contributed by atoms with van der Waals surface area (Å²) in [6.45, 7) is 4.26. The van der Waals surface area contributed by atoms with Crippen LogP contribution in [0.15, 0.2) is 76.3 Å². The third kappa shape index (κ3) is 7.53. The molecule has 1 aromatic heterocycles. The van der Waals surface area contributed by atoms with Gasteiger partial charge in [0.1, 0.15) is 15.7 Å². The number of nitro benzene ring substituents is 1. The molecule has 14 heteroatoms. The molecule has 11 nitrogen and oxygen atoms in total. The molecule has 4 rings (SSSR count). The van der Waals surface area contributed by atoms with E-state index in [0.717, 1.165) is 16.9 Å². The lowest BCUT2D eigenvalue weighted by Gasteiger charge is -2.16. The number of phenolic OH excluding ortho intramolecular Hbond substituents is 2. The lowest BCUT2D eigenvalue weighted by molar-refractivity contribution is -0.384. The van der Waals surface area contributed by atoms with Crippen LogP contribution in [0.25, 0.3) is 11.1 Å². The first-order valence-electron chi connectivity index (χ1n) is 12.6. The number of nitrogens with zero attached hydrogens (tertiary/aromatic N) is 1. The van der Waals surface area contributed by atoms with Gasteiger partial charge in [-0.25, -0.2) is 13.1 Å². The fourth-order valence-electron chi connectivity index (χ4n) is 3.87. The zero-order valence-electron chi connectivity index (χ0n) is 22.5. The summed E-state index contributed by atoms with van der Waals surface area (Å²) in [6, 6.07) is 17.0. The van der Waals surface area contributed by atoms with Crippen molar-refractivity contribution >= 4 is 50.1 Å². The minimum Gasteiger partial charge on any atom is -0.504 e. The standard InChI is InChI=1S/C28H28N4O7S3/c1-17(2)18-3-10-26(39-21-8-9-24(33)25(34)16-21)23(15-18)22-11-14-41-27(22)42(37,38)30-13-12-29-28(40)31-19-4-6-20(7-5-19)32(35)36/h3-11,14-17,30,33-34H,12-13H2,1-2H3,(H2,29,31,40). The molecule has 0 saturated carbocycles. The van der Waals surface area contributed by atoms with E-state index in [1.807, 2.05) is 26.0 Å². The van der Waals surface area contributed by atoms with Gasteiger partial charge in [-0.15, -0.1) is 11.3 Å². The van der Waals surface area contributed by atoms with Crippen LogP contribution in [0.1, 0.15) is 25.3 Å². The molecule has 0 aliphatic rings. The second-order valence-corrected chi connectivity index (χ2v) is 12.7. The van der Waals surface area contributed by atoms with Gasteiger partial charge in [0.15, 0.2) is 16.6 Å². The third-order valence-corrected chi connectivity index (χ3v) is 9.24. The fraction of sp³-hybridized carbons (Fsp3) is 0.179. The summed E-state index contributed by atoms with van der Waals surface area (Å²) in [5.41, 5.74) is 2.49. The third-order valence-electron chi connectivity index (χ3n) is 6.05. The smallest absolute Gasteiger partial charge is 0.269 e. The van der Waals surface area contributed by atoms with E-state index in [9.17, 15) is 28.7 Å². The molecule has 0 atom stereocenters. The molecule has 0 amide bonds. The molecular formula is C28H28N4O7S3. The highest BCUT2D eigenvalue weighted by Gasteiger charge is 2.24. The highest BCUT2D eigenvalue weighted by molar-refractivity contribution is 7.91. The van der Waals surface area contributed by atoms with Gasteiger partial charge < -0.3 is 25.6 Å². The SMILES string of the molecule is CC(C)c1ccc(Oc2ccc(O)c(O)c2)c(-c2ccsc2S(=O)(=O)NCCNC(=S)Nc2ccc([N+](=O)[O-])cc2)c1. The van der Waals surface area contributed by atoms with E-state index in [4.69, 9.17) is 17.0 Å². The zero-order valence-corrected chi connectivity index (χ0v) is 25.0. The van der Waals surface area contributed by atoms with E-state index in [1.54, 1.807) is 17.5 Å². The van der Waals surface area contributed by atoms with Gasteiger partial charge >= 0.3 is 0 Å². The van der Waals surface area contributed by atoms with Crippen LogP contribution in [-0.2, 0) is 10.0 Å². The van der Waals surface area contributed by atoms with Crippen molar-refractivity contribution in [3.05, 3.63) is 87.8 Å². The number of thiophene rings is 1. The number of non-ortho nitro benzene ring substituents is 1. The highest BCUT2D eigenvalue weighted by Crippen LogP contribution is 2.41. The molecule has 42 heavy (non-hydrogen) atoms. The Morgan fingerprint density at radius 3 is 2.40 bits per heavy atom. The molecule has 1 heterocycles. The zero-order chi connectivity index (χ0) is 30.4. The summed E-state index contributed by atoms with van der Waals surface area (Å²) in [5, 5.41) is 38.0. The molecular weight excluding hydrogens is 601 g/mol. The number of aromatic hydroxyl groups is 2. The highest BCUT2D eigenvalue weighted by atomic mass is 32.2. The predicted molar refractivity (Wildman–Crippen MR) is 166 cm³/mol. The Morgan fingerprint density at radius 2 is 1.74 bits per heavy atom. The monoisotopic (exact) mass is 628 g/mol. The van der Waals surface area contributed by atoms with Gasteiger partial charge in [-0.2, -0.15) is 0 Å². The van der Waals surface area contributed by atoms with E-state index in [0.29, 0.717) is 22.6 Å². The molecule has 0 saturated heterocycles. The molecule has 0 aliphatic carbocycles. The minimum absolute atomic E-state index is 0.0317. The Bertz CT molecular complexity index is 1700. The van der Waals surface area contributed by atoms with Crippen molar-refractivity contribution < 1.29 is 28.3 Å². The van der Waals surface area contributed by atoms with Crippen LogP contribution in [0.4, 0.5) is 11.4 Å². The predicted octanol–water partition coefficient (Wildman–Crippen LogP) is 5.92. The minimum atomic E-state index is -3.93. The molecule has 4 aromatic rings. The van der Waals surface area contributed by atoms with Gasteiger partial charge in [0.2, 0.25) is 0 Å². The van der Waals surface area contributed by atoms with Crippen molar-refractivity contribution in [2.75, 3.05) is 18.4 Å². The molecule has 0 unspecified atom stereocenters. The molecule has 0 radical (unpaired) electrons. The maximum atomic E-state index is 13.3. The number of rotatable bonds is 11. The summed E-state index contributed by atoms with van der Waals surface area (Å²) in [4.78, 5) is 10.3. The molecule has 220 valence electrons. The van der Waals surface area contributed by atoms with Crippen molar-refractivity contribution in [3.8, 4) is 34.1 Å². The van der Waals surface area contributed by atoms with E-state index in [2.05, 4.69) is 15.4 Å². The fourth-order valence-corrected chi connectivity index (χ4v) is 6.54. The van der Waals surface area contributed by atoms with Gasteiger partial charge in [0.05, 0.1) is 4.92 Å². The summed E-state index contributed by atoms with van der Waals surface area (Å²) < 4.78 is 35.4. The first-order chi connectivity index (χ1) is 19.9. The first kappa shape index (κ1) is 30.7. The summed E-state index contributed by atoms with van der Waals surface area (Å²) in [6.07, 6.45) is 0. The number of hydrogen-bond acceptors (Lipinski definition) is 9. The number of benzene rings is 3. The quantitative estimate of drug-likeness (QED) is 0.0443. The van der Waals surface area contributed by atoms with Crippen molar-refractivity contribution in [2.24, 2.45) is 0 Å². The van der Waals surface area contributed by atoms with Gasteiger partial charge in [-0.1, -0.05) is 19.9 Å². The average molecular weight is 629 g/mol. The topological polar surface area (TPSA) is 163 Å². The Hall–Kier alpha value is -4.24. The molecule has 3 aromatic carbocycles. The van der Waals surface area contributed by atoms with Gasteiger partial charge in [-0.3, -0.25) is 10.1 Å². The second-order valence-electron chi connectivity index (χ2n) is 9.37. The van der Waals surface area contributed by atoms with Gasteiger partial charge in [0, 0.05) is 48.1 Å². The van der Waals surface area contributed by atoms with Crippen LogP contribution in [0.5, 0.6) is 23.0 Å². The van der Waals surface area contributed by atoms with E-state index in [1.165, 1.54) is 42.5 Å². The van der Waals surface area contributed by atoms with Crippen molar-refractivity contribution in [1.82, 2.24) is 10.0 Å². The summed E-state index contributed by atoms with van der Waals surface area (Å²) in [5.74, 6) is 0.191. The van der Waals surface area contributed by atoms with Crippen molar-refractivity contribution in [2.45, 2.75) is 24.0 Å². The Kier molecular flexibility index (Phi) is 9.63. The molecule has 0 spiro atoms. The normalized spacial score (nSPS) is 11.3.